The molecule has 0 fully saturated rings. The molecule has 4 aromatic rings. The van der Waals surface area contributed by atoms with Gasteiger partial charge >= 0.3 is 11.6 Å². The fourth-order valence-corrected chi connectivity index (χ4v) is 4.75. The zero-order chi connectivity index (χ0) is 24.3. The number of carbonyl (C=O) groups is 1. The van der Waals surface area contributed by atoms with E-state index in [4.69, 9.17) is 9.15 Å². The number of hydrogen-bond donors (Lipinski definition) is 1. The summed E-state index contributed by atoms with van der Waals surface area (Å²) >= 11 is 0. The molecule has 3 aromatic carbocycles. The first-order chi connectivity index (χ1) is 16.3. The average Bonchev–Trinajstić information content (AvgIpc) is 2.82. The number of aryl methyl sites for hydroxylation is 2. The van der Waals surface area contributed by atoms with Crippen LogP contribution >= 0.6 is 0 Å². The fraction of sp³-hybridized carbons (Fsp3) is 0.154. The normalized spacial score (nSPS) is 12.4. The summed E-state index contributed by atoms with van der Waals surface area (Å²) in [5.41, 5.74) is 1.93. The third kappa shape index (κ3) is 5.08. The summed E-state index contributed by atoms with van der Waals surface area (Å²) in [7, 11) is -4.02. The van der Waals surface area contributed by atoms with E-state index in [0.29, 0.717) is 12.0 Å². The van der Waals surface area contributed by atoms with Crippen molar-refractivity contribution in [1.29, 1.82) is 0 Å². The second-order valence-electron chi connectivity index (χ2n) is 7.80. The van der Waals surface area contributed by atoms with Crippen molar-refractivity contribution in [3.8, 4) is 5.75 Å². The molecule has 1 aromatic heterocycles. The van der Waals surface area contributed by atoms with Crippen molar-refractivity contribution in [2.75, 3.05) is 0 Å². The number of rotatable bonds is 7. The van der Waals surface area contributed by atoms with Gasteiger partial charge in [0.25, 0.3) is 0 Å². The highest BCUT2D eigenvalue weighted by atomic mass is 32.2. The van der Waals surface area contributed by atoms with Crippen molar-refractivity contribution >= 4 is 27.0 Å². The summed E-state index contributed by atoms with van der Waals surface area (Å²) in [5.74, 6) is -0.695. The van der Waals surface area contributed by atoms with Crippen LogP contribution in [0.5, 0.6) is 5.75 Å². The molecule has 1 N–H and O–H groups in total. The van der Waals surface area contributed by atoms with E-state index in [1.807, 2.05) is 13.8 Å². The third-order valence-corrected chi connectivity index (χ3v) is 6.81. The Bertz CT molecular complexity index is 1490. The minimum atomic E-state index is -4.02. The minimum absolute atomic E-state index is 0.0337. The van der Waals surface area contributed by atoms with Crippen LogP contribution in [0.25, 0.3) is 11.0 Å². The van der Waals surface area contributed by atoms with Gasteiger partial charge in [-0.2, -0.15) is 4.72 Å². The Morgan fingerprint density at radius 3 is 2.38 bits per heavy atom. The maximum atomic E-state index is 13.2. The number of fused-ring (bicyclic) bond motifs is 1. The minimum Gasteiger partial charge on any atom is -0.425 e. The van der Waals surface area contributed by atoms with Crippen LogP contribution < -0.4 is 15.1 Å². The highest BCUT2D eigenvalue weighted by molar-refractivity contribution is 7.89. The number of nitrogens with one attached hydrogen (secondary N) is 1. The lowest BCUT2D eigenvalue weighted by Gasteiger charge is -2.18. The van der Waals surface area contributed by atoms with Gasteiger partial charge in [-0.05, 0) is 48.7 Å². The van der Waals surface area contributed by atoms with E-state index < -0.39 is 27.7 Å². The molecule has 0 aliphatic heterocycles. The molecule has 0 spiro atoms. The van der Waals surface area contributed by atoms with Gasteiger partial charge in [-0.1, -0.05) is 55.0 Å². The Kier molecular flexibility index (Phi) is 6.63. The van der Waals surface area contributed by atoms with Crippen LogP contribution in [-0.2, 0) is 21.2 Å². The molecule has 1 heterocycles. The average molecular weight is 478 g/mol. The van der Waals surface area contributed by atoms with E-state index >= 15 is 0 Å². The molecule has 0 radical (unpaired) electrons. The molecule has 0 saturated heterocycles. The van der Waals surface area contributed by atoms with Crippen LogP contribution in [-0.4, -0.2) is 14.4 Å². The second-order valence-corrected chi connectivity index (χ2v) is 9.52. The van der Waals surface area contributed by atoms with Crippen molar-refractivity contribution in [2.24, 2.45) is 0 Å². The summed E-state index contributed by atoms with van der Waals surface area (Å²) in [4.78, 5) is 25.0. The van der Waals surface area contributed by atoms with Gasteiger partial charge in [0.05, 0.1) is 4.90 Å². The smallest absolute Gasteiger partial charge is 0.336 e. The van der Waals surface area contributed by atoms with Crippen LogP contribution in [0.2, 0.25) is 0 Å². The first-order valence-electron chi connectivity index (χ1n) is 10.7. The number of carbonyl (C=O) groups excluding carboxylic acids is 1. The maximum absolute atomic E-state index is 13.2. The van der Waals surface area contributed by atoms with E-state index in [0.717, 1.165) is 16.5 Å². The number of benzene rings is 3. The lowest BCUT2D eigenvalue weighted by Crippen LogP contribution is -2.36. The molecule has 7 nitrogen and oxygen atoms in total. The molecule has 0 saturated carbocycles. The van der Waals surface area contributed by atoms with Crippen molar-refractivity contribution in [2.45, 2.75) is 31.2 Å². The zero-order valence-corrected chi connectivity index (χ0v) is 19.5. The summed E-state index contributed by atoms with van der Waals surface area (Å²) in [6.45, 7) is 3.77. The van der Waals surface area contributed by atoms with Gasteiger partial charge in [0.15, 0.2) is 0 Å². The van der Waals surface area contributed by atoms with Crippen molar-refractivity contribution in [3.63, 3.8) is 0 Å². The van der Waals surface area contributed by atoms with Crippen molar-refractivity contribution < 1.29 is 22.4 Å². The second kappa shape index (κ2) is 9.62. The summed E-state index contributed by atoms with van der Waals surface area (Å²) in [6.07, 6.45) is 0.637. The summed E-state index contributed by atoms with van der Waals surface area (Å²) in [6, 6.07) is 19.6. The van der Waals surface area contributed by atoms with Crippen LogP contribution in [0.1, 0.15) is 29.7 Å². The Hall–Kier alpha value is -3.75. The molecule has 0 aliphatic carbocycles. The monoisotopic (exact) mass is 477 g/mol. The lowest BCUT2D eigenvalue weighted by atomic mass is 10.1. The van der Waals surface area contributed by atoms with E-state index in [1.165, 1.54) is 24.3 Å². The highest BCUT2D eigenvalue weighted by Crippen LogP contribution is 2.25. The highest BCUT2D eigenvalue weighted by Gasteiger charge is 2.29. The Morgan fingerprint density at radius 2 is 1.71 bits per heavy atom. The standard InChI is InChI=1S/C26H23NO6S/c1-3-18-15-24(28)33-23-16-20(11-14-22(18)23)32-26(29)25(19-7-5-4-6-8-19)27-34(30,31)21-12-9-17(2)10-13-21/h4-16,25,27H,3H2,1-2H3. The molecule has 1 atom stereocenters. The lowest BCUT2D eigenvalue weighted by molar-refractivity contribution is -0.136. The topological polar surface area (TPSA) is 103 Å². The molecule has 174 valence electrons. The molecular weight excluding hydrogens is 454 g/mol. The van der Waals surface area contributed by atoms with Crippen molar-refractivity contribution in [1.82, 2.24) is 4.72 Å². The molecule has 0 amide bonds. The zero-order valence-electron chi connectivity index (χ0n) is 18.6. The van der Waals surface area contributed by atoms with Gasteiger partial charge in [0, 0.05) is 17.5 Å². The molecule has 34 heavy (non-hydrogen) atoms. The predicted molar refractivity (Wildman–Crippen MR) is 128 cm³/mol. The fourth-order valence-electron chi connectivity index (χ4n) is 3.58. The maximum Gasteiger partial charge on any atom is 0.336 e. The first kappa shape index (κ1) is 23.4. The Morgan fingerprint density at radius 1 is 1.00 bits per heavy atom. The quantitative estimate of drug-likeness (QED) is 0.242. The van der Waals surface area contributed by atoms with Gasteiger partial charge < -0.3 is 9.15 Å². The summed E-state index contributed by atoms with van der Waals surface area (Å²) in [5, 5.41) is 0.738. The largest absolute Gasteiger partial charge is 0.425 e. The third-order valence-electron chi connectivity index (χ3n) is 5.37. The molecule has 0 aliphatic rings. The van der Waals surface area contributed by atoms with Crippen LogP contribution in [0.15, 0.2) is 93.0 Å². The number of esters is 1. The molecular formula is C26H23NO6S. The van der Waals surface area contributed by atoms with Gasteiger partial charge in [-0.3, -0.25) is 0 Å². The molecule has 0 bridgehead atoms. The van der Waals surface area contributed by atoms with Crippen LogP contribution in [0.3, 0.4) is 0 Å². The van der Waals surface area contributed by atoms with E-state index in [9.17, 15) is 18.0 Å². The van der Waals surface area contributed by atoms with Crippen molar-refractivity contribution in [3.05, 3.63) is 106 Å². The predicted octanol–water partition coefficient (Wildman–Crippen LogP) is 4.29. The van der Waals surface area contributed by atoms with E-state index in [-0.39, 0.29) is 16.2 Å². The molecule has 1 unspecified atom stereocenters. The van der Waals surface area contributed by atoms with Gasteiger partial charge in [-0.25, -0.2) is 18.0 Å². The van der Waals surface area contributed by atoms with Gasteiger partial charge in [-0.15, -0.1) is 0 Å². The number of sulfonamides is 1. The van der Waals surface area contributed by atoms with Gasteiger partial charge in [0.1, 0.15) is 17.4 Å². The molecule has 4 rings (SSSR count). The van der Waals surface area contributed by atoms with E-state index in [2.05, 4.69) is 4.72 Å². The van der Waals surface area contributed by atoms with Crippen LogP contribution in [0.4, 0.5) is 0 Å². The number of ether oxygens (including phenoxy) is 1. The Labute approximate surface area is 197 Å². The first-order valence-corrected chi connectivity index (χ1v) is 12.2. The Balaban J connectivity index is 1.66. The van der Waals surface area contributed by atoms with E-state index in [1.54, 1.807) is 54.6 Å². The summed E-state index contributed by atoms with van der Waals surface area (Å²) < 4.78 is 39.2. The van der Waals surface area contributed by atoms with Gasteiger partial charge in [0.2, 0.25) is 10.0 Å². The molecule has 8 heteroatoms. The number of hydrogen-bond acceptors (Lipinski definition) is 6. The van der Waals surface area contributed by atoms with Crippen LogP contribution in [0, 0.1) is 6.92 Å². The SMILES string of the molecule is CCc1cc(=O)oc2cc(OC(=O)C(NS(=O)(=O)c3ccc(C)cc3)c3ccccc3)ccc12.